The topological polar surface area (TPSA) is 122 Å². The van der Waals surface area contributed by atoms with Crippen molar-refractivity contribution in [3.05, 3.63) is 84.7 Å². The van der Waals surface area contributed by atoms with E-state index >= 15 is 8.78 Å². The monoisotopic (exact) mass is 682 g/mol. The summed E-state index contributed by atoms with van der Waals surface area (Å²) in [5, 5.41) is 0. The van der Waals surface area contributed by atoms with E-state index in [0.29, 0.717) is 51.4 Å². The van der Waals surface area contributed by atoms with Crippen LogP contribution in [0, 0.1) is 11.8 Å². The van der Waals surface area contributed by atoms with Gasteiger partial charge in [0.1, 0.15) is 11.3 Å². The number of nitrogens with zero attached hydrogens (tertiary/aromatic N) is 4. The summed E-state index contributed by atoms with van der Waals surface area (Å²) in [6.07, 6.45) is 16.1. The molecule has 0 spiro atoms. The molecule has 2 aliphatic carbocycles. The van der Waals surface area contributed by atoms with Gasteiger partial charge >= 0.3 is 0 Å². The Labute approximate surface area is 292 Å². The molecule has 2 aliphatic heterocycles. The molecule has 2 aromatic carbocycles. The molecule has 8 rings (SSSR count). The van der Waals surface area contributed by atoms with Gasteiger partial charge in [0, 0.05) is 24.0 Å². The molecular formula is C40H48F2N6O2. The van der Waals surface area contributed by atoms with E-state index in [9.17, 15) is 9.59 Å². The lowest BCUT2D eigenvalue weighted by Crippen LogP contribution is -2.31. The van der Waals surface area contributed by atoms with Crippen LogP contribution in [0.15, 0.2) is 73.6 Å². The second-order valence-electron chi connectivity index (χ2n) is 15.2. The van der Waals surface area contributed by atoms with E-state index in [4.69, 9.17) is 11.5 Å². The predicted molar refractivity (Wildman–Crippen MR) is 189 cm³/mol. The van der Waals surface area contributed by atoms with Gasteiger partial charge in [0.25, 0.3) is 0 Å². The van der Waals surface area contributed by atoms with Crippen molar-refractivity contribution in [3.63, 3.8) is 0 Å². The van der Waals surface area contributed by atoms with Crippen molar-refractivity contribution in [2.75, 3.05) is 0 Å². The van der Waals surface area contributed by atoms with Gasteiger partial charge in [-0.3, -0.25) is 9.59 Å². The molecule has 2 aromatic heterocycles. The minimum atomic E-state index is -1.12. The SMILES string of the molecule is NC(=O)CC1CCC(F)(CCC2c3ccccc3-c3cncn32)CC1.NC(=O)CC1CCC(F)(CCC2c3ccccc3-c3cncn32)CC1. The summed E-state index contributed by atoms with van der Waals surface area (Å²) in [5.74, 6) is -0.0271. The second-order valence-corrected chi connectivity index (χ2v) is 15.2. The fraction of sp³-hybridized carbons (Fsp3) is 0.500. The molecule has 2 atom stereocenters. The van der Waals surface area contributed by atoms with E-state index in [-0.39, 0.29) is 35.7 Å². The molecule has 8 nitrogen and oxygen atoms in total. The standard InChI is InChI=1S/2C20H24FN3O/c2*21-20(8-5-14(6-9-20)11-19(22)25)10-7-17-15-3-1-2-4-16(15)18-12-23-13-24(17)18/h2*1-4,12-14,17H,5-11H2,(H2,22,25). The zero-order chi connectivity index (χ0) is 34.9. The van der Waals surface area contributed by atoms with Gasteiger partial charge in [-0.05, 0) is 100 Å². The fourth-order valence-corrected chi connectivity index (χ4v) is 9.11. The van der Waals surface area contributed by atoms with E-state index in [0.717, 1.165) is 49.9 Å². The largest absolute Gasteiger partial charge is 0.370 e. The van der Waals surface area contributed by atoms with E-state index in [1.807, 2.05) is 49.3 Å². The molecule has 10 heteroatoms. The van der Waals surface area contributed by atoms with Crippen LogP contribution in [0.3, 0.4) is 0 Å². The second kappa shape index (κ2) is 14.1. The van der Waals surface area contributed by atoms with Crippen LogP contribution in [0.4, 0.5) is 8.78 Å². The number of hydrogen-bond acceptors (Lipinski definition) is 4. The smallest absolute Gasteiger partial charge is 0.217 e. The number of aromatic nitrogens is 4. The average molecular weight is 683 g/mol. The van der Waals surface area contributed by atoms with E-state index in [1.165, 1.54) is 22.3 Å². The summed E-state index contributed by atoms with van der Waals surface area (Å²) in [6, 6.07) is 17.0. The van der Waals surface area contributed by atoms with Crippen molar-refractivity contribution < 1.29 is 18.4 Å². The van der Waals surface area contributed by atoms with Gasteiger partial charge in [-0.25, -0.2) is 18.7 Å². The molecule has 0 radical (unpaired) electrons. The van der Waals surface area contributed by atoms with Gasteiger partial charge in [-0.2, -0.15) is 0 Å². The van der Waals surface area contributed by atoms with Gasteiger partial charge in [-0.1, -0.05) is 48.5 Å². The highest BCUT2D eigenvalue weighted by Gasteiger charge is 2.39. The highest BCUT2D eigenvalue weighted by molar-refractivity contribution is 5.74. The molecule has 4 N–H and O–H groups in total. The summed E-state index contributed by atoms with van der Waals surface area (Å²) < 4.78 is 34.9. The predicted octanol–water partition coefficient (Wildman–Crippen LogP) is 8.01. The highest BCUT2D eigenvalue weighted by atomic mass is 19.1. The van der Waals surface area contributed by atoms with Crippen LogP contribution in [0.1, 0.15) is 113 Å². The van der Waals surface area contributed by atoms with Crippen molar-refractivity contribution >= 4 is 11.8 Å². The molecule has 4 heterocycles. The number of benzene rings is 2. The summed E-state index contributed by atoms with van der Waals surface area (Å²) in [5.41, 5.74) is 15.5. The highest BCUT2D eigenvalue weighted by Crippen LogP contribution is 2.47. The summed E-state index contributed by atoms with van der Waals surface area (Å²) >= 11 is 0. The van der Waals surface area contributed by atoms with Crippen LogP contribution in [0.2, 0.25) is 0 Å². The lowest BCUT2D eigenvalue weighted by atomic mass is 9.76. The number of hydrogen-bond donors (Lipinski definition) is 2. The van der Waals surface area contributed by atoms with Crippen LogP contribution >= 0.6 is 0 Å². The fourth-order valence-electron chi connectivity index (χ4n) is 9.11. The molecule has 0 saturated heterocycles. The number of imidazole rings is 2. The maximum absolute atomic E-state index is 15.3. The number of alkyl halides is 2. The molecule has 2 fully saturated rings. The Hall–Kier alpha value is -4.34. The Bertz CT molecular complexity index is 1690. The van der Waals surface area contributed by atoms with Crippen molar-refractivity contribution in [1.82, 2.24) is 19.1 Å². The first kappa shape index (κ1) is 34.1. The molecule has 4 aromatic rings. The van der Waals surface area contributed by atoms with Gasteiger partial charge < -0.3 is 20.6 Å². The molecule has 4 aliphatic rings. The molecular weight excluding hydrogens is 634 g/mol. The molecule has 2 amide bonds. The maximum atomic E-state index is 15.3. The van der Waals surface area contributed by atoms with Crippen LogP contribution in [-0.2, 0) is 9.59 Å². The van der Waals surface area contributed by atoms with Gasteiger partial charge in [0.15, 0.2) is 0 Å². The zero-order valence-electron chi connectivity index (χ0n) is 28.7. The Balaban J connectivity index is 0.000000157. The lowest BCUT2D eigenvalue weighted by molar-refractivity contribution is -0.120. The first-order valence-electron chi connectivity index (χ1n) is 18.3. The number of nitrogens with two attached hydrogens (primary N) is 2. The number of halogens is 2. The number of primary amides is 2. The first-order valence-corrected chi connectivity index (χ1v) is 18.3. The van der Waals surface area contributed by atoms with Gasteiger partial charge in [0.2, 0.25) is 11.8 Å². The average Bonchev–Trinajstić information content (AvgIpc) is 3.88. The Morgan fingerprint density at radius 3 is 1.42 bits per heavy atom. The third-order valence-electron chi connectivity index (χ3n) is 11.9. The van der Waals surface area contributed by atoms with Gasteiger partial charge in [0.05, 0.1) is 48.5 Å². The number of carbonyl (C=O) groups excluding carboxylic acids is 2. The van der Waals surface area contributed by atoms with Crippen molar-refractivity contribution in [2.45, 2.75) is 113 Å². The van der Waals surface area contributed by atoms with Gasteiger partial charge in [-0.15, -0.1) is 0 Å². The van der Waals surface area contributed by atoms with Crippen LogP contribution in [0.5, 0.6) is 0 Å². The number of carbonyl (C=O) groups is 2. The number of rotatable bonds is 10. The molecule has 2 saturated carbocycles. The van der Waals surface area contributed by atoms with Crippen molar-refractivity contribution in [3.8, 4) is 22.5 Å². The minimum Gasteiger partial charge on any atom is -0.370 e. The van der Waals surface area contributed by atoms with Crippen LogP contribution < -0.4 is 11.5 Å². The molecule has 2 unspecified atom stereocenters. The van der Waals surface area contributed by atoms with Crippen LogP contribution in [0.25, 0.3) is 22.5 Å². The van der Waals surface area contributed by atoms with Crippen LogP contribution in [-0.4, -0.2) is 42.3 Å². The number of amides is 2. The van der Waals surface area contributed by atoms with E-state index < -0.39 is 11.3 Å². The minimum absolute atomic E-state index is 0.171. The third kappa shape index (κ3) is 7.12. The Kier molecular flexibility index (Phi) is 9.63. The van der Waals surface area contributed by atoms with E-state index in [1.54, 1.807) is 0 Å². The van der Waals surface area contributed by atoms with Crippen molar-refractivity contribution in [1.29, 1.82) is 0 Å². The molecule has 50 heavy (non-hydrogen) atoms. The lowest BCUT2D eigenvalue weighted by Gasteiger charge is -2.34. The quantitative estimate of drug-likeness (QED) is 0.176. The molecule has 264 valence electrons. The summed E-state index contributed by atoms with van der Waals surface area (Å²) in [7, 11) is 0. The first-order chi connectivity index (χ1) is 24.1. The molecule has 0 bridgehead atoms. The normalized spacial score (nSPS) is 27.7. The Morgan fingerprint density at radius 1 is 0.660 bits per heavy atom. The summed E-state index contributed by atoms with van der Waals surface area (Å²) in [4.78, 5) is 30.6. The number of fused-ring (bicyclic) bond motifs is 6. The van der Waals surface area contributed by atoms with Crippen molar-refractivity contribution in [2.24, 2.45) is 23.3 Å². The van der Waals surface area contributed by atoms with E-state index in [2.05, 4.69) is 43.4 Å². The zero-order valence-corrected chi connectivity index (χ0v) is 28.7. The summed E-state index contributed by atoms with van der Waals surface area (Å²) in [6.45, 7) is 0. The maximum Gasteiger partial charge on any atom is 0.217 e. The Morgan fingerprint density at radius 2 is 1.04 bits per heavy atom. The third-order valence-corrected chi connectivity index (χ3v) is 11.9.